The normalized spacial score (nSPS) is 20.8. The van der Waals surface area contributed by atoms with E-state index in [0.717, 1.165) is 82.8 Å². The number of pyridine rings is 1. The highest BCUT2D eigenvalue weighted by atomic mass is 35.5. The van der Waals surface area contributed by atoms with Gasteiger partial charge in [0.2, 0.25) is 5.91 Å². The highest BCUT2D eigenvalue weighted by Gasteiger charge is 2.46. The summed E-state index contributed by atoms with van der Waals surface area (Å²) in [5, 5.41) is 6.77. The predicted octanol–water partition coefficient (Wildman–Crippen LogP) is 2.82. The molecule has 3 aliphatic rings. The number of halogens is 2. The summed E-state index contributed by atoms with van der Waals surface area (Å²) < 4.78 is 0. The third-order valence-electron chi connectivity index (χ3n) is 5.97. The predicted molar refractivity (Wildman–Crippen MR) is 110 cm³/mol. The lowest BCUT2D eigenvalue weighted by molar-refractivity contribution is -0.137. The topological polar surface area (TPSA) is 57.3 Å². The molecule has 0 radical (unpaired) electrons. The zero-order valence-corrected chi connectivity index (χ0v) is 16.9. The van der Waals surface area contributed by atoms with Crippen LogP contribution in [0.3, 0.4) is 0 Å². The van der Waals surface area contributed by atoms with E-state index in [1.54, 1.807) is 0 Å². The number of carbonyl (C=O) groups is 1. The van der Waals surface area contributed by atoms with Crippen molar-refractivity contribution in [2.24, 2.45) is 5.41 Å². The fourth-order valence-electron chi connectivity index (χ4n) is 4.43. The number of hydrogen-bond acceptors (Lipinski definition) is 4. The fourth-order valence-corrected chi connectivity index (χ4v) is 4.43. The highest BCUT2D eigenvalue weighted by molar-refractivity contribution is 5.86. The number of aryl methyl sites for hydroxylation is 2. The number of aromatic nitrogens is 1. The maximum absolute atomic E-state index is 12.8. The zero-order valence-electron chi connectivity index (χ0n) is 15.3. The van der Waals surface area contributed by atoms with Crippen LogP contribution in [0.1, 0.15) is 43.4 Å². The average molecular weight is 401 g/mol. The molecule has 1 aromatic heterocycles. The van der Waals surface area contributed by atoms with E-state index >= 15 is 0 Å². The van der Waals surface area contributed by atoms with E-state index in [-0.39, 0.29) is 30.2 Å². The van der Waals surface area contributed by atoms with Gasteiger partial charge in [-0.05, 0) is 69.7 Å². The molecule has 26 heavy (non-hydrogen) atoms. The van der Waals surface area contributed by atoms with Crippen LogP contribution in [0.2, 0.25) is 0 Å². The average Bonchev–Trinajstić information content (AvgIpc) is 2.92. The smallest absolute Gasteiger partial charge is 0.228 e. The van der Waals surface area contributed by atoms with Crippen molar-refractivity contribution in [3.63, 3.8) is 0 Å². The molecule has 4 rings (SSSR count). The number of hydrogen-bond donors (Lipinski definition) is 2. The standard InChI is InChI=1S/C19H28N4O.2ClH/c24-18-19(7-11-20-12-8-19)9-14-23(18)13-2-4-16-6-5-15-3-1-10-21-17(15)22-16;;/h5-6,20H,1-4,7-14H2,(H,21,22);2*1H. The first-order valence-corrected chi connectivity index (χ1v) is 9.50. The zero-order chi connectivity index (χ0) is 16.4. The molecule has 1 spiro atoms. The Morgan fingerprint density at radius 1 is 1.12 bits per heavy atom. The van der Waals surface area contributed by atoms with Crippen molar-refractivity contribution >= 4 is 36.5 Å². The third-order valence-corrected chi connectivity index (χ3v) is 5.97. The lowest BCUT2D eigenvalue weighted by Crippen LogP contribution is -2.42. The van der Waals surface area contributed by atoms with Crippen LogP contribution in [0.15, 0.2) is 12.1 Å². The summed E-state index contributed by atoms with van der Waals surface area (Å²) in [4.78, 5) is 19.6. The van der Waals surface area contributed by atoms with E-state index in [2.05, 4.69) is 27.7 Å². The maximum atomic E-state index is 12.8. The van der Waals surface area contributed by atoms with Crippen molar-refractivity contribution in [1.29, 1.82) is 0 Å². The molecule has 7 heteroatoms. The molecule has 2 N–H and O–H groups in total. The number of nitrogens with zero attached hydrogens (tertiary/aromatic N) is 2. The van der Waals surface area contributed by atoms with Crippen molar-refractivity contribution in [2.45, 2.75) is 44.9 Å². The molecule has 4 heterocycles. The molecule has 0 saturated carbocycles. The molecular formula is C19H30Cl2N4O. The van der Waals surface area contributed by atoms with Crippen LogP contribution in [0.4, 0.5) is 5.82 Å². The first kappa shape index (κ1) is 21.3. The minimum Gasteiger partial charge on any atom is -0.370 e. The summed E-state index contributed by atoms with van der Waals surface area (Å²) in [5.41, 5.74) is 2.44. The van der Waals surface area contributed by atoms with Crippen molar-refractivity contribution < 1.29 is 4.79 Å². The summed E-state index contributed by atoms with van der Waals surface area (Å²) in [5.74, 6) is 1.48. The Balaban J connectivity index is 0.00000121. The molecule has 1 amide bonds. The Morgan fingerprint density at radius 3 is 2.73 bits per heavy atom. The molecule has 0 bridgehead atoms. The van der Waals surface area contributed by atoms with Crippen LogP contribution in [-0.2, 0) is 17.6 Å². The molecule has 146 valence electrons. The molecule has 0 aromatic carbocycles. The largest absolute Gasteiger partial charge is 0.370 e. The molecule has 5 nitrogen and oxygen atoms in total. The summed E-state index contributed by atoms with van der Waals surface area (Å²) in [6.07, 6.45) is 7.37. The second kappa shape index (κ2) is 9.25. The summed E-state index contributed by atoms with van der Waals surface area (Å²) in [6.45, 7) is 4.83. The van der Waals surface area contributed by atoms with Gasteiger partial charge in [-0.25, -0.2) is 4.98 Å². The lowest BCUT2D eigenvalue weighted by Gasteiger charge is -2.32. The molecule has 2 fully saturated rings. The lowest BCUT2D eigenvalue weighted by atomic mass is 9.78. The van der Waals surface area contributed by atoms with Crippen molar-refractivity contribution in [3.8, 4) is 0 Å². The van der Waals surface area contributed by atoms with Gasteiger partial charge in [-0.15, -0.1) is 24.8 Å². The van der Waals surface area contributed by atoms with Crippen molar-refractivity contribution in [3.05, 3.63) is 23.4 Å². The number of piperidine rings is 1. The van der Waals surface area contributed by atoms with Gasteiger partial charge < -0.3 is 15.5 Å². The Kier molecular flexibility index (Phi) is 7.56. The van der Waals surface area contributed by atoms with E-state index in [1.807, 2.05) is 0 Å². The van der Waals surface area contributed by atoms with E-state index in [1.165, 1.54) is 12.0 Å². The number of carbonyl (C=O) groups excluding carboxylic acids is 1. The highest BCUT2D eigenvalue weighted by Crippen LogP contribution is 2.39. The van der Waals surface area contributed by atoms with Crippen LogP contribution in [0.5, 0.6) is 0 Å². The molecule has 0 atom stereocenters. The molecule has 3 aliphatic heterocycles. The fraction of sp³-hybridized carbons (Fsp3) is 0.684. The summed E-state index contributed by atoms with van der Waals surface area (Å²) in [6, 6.07) is 4.38. The van der Waals surface area contributed by atoms with E-state index < -0.39 is 0 Å². The van der Waals surface area contributed by atoms with Gasteiger partial charge in [0, 0.05) is 25.3 Å². The number of amides is 1. The summed E-state index contributed by atoms with van der Waals surface area (Å²) in [7, 11) is 0. The van der Waals surface area contributed by atoms with Crippen LogP contribution in [0, 0.1) is 5.41 Å². The van der Waals surface area contributed by atoms with Gasteiger partial charge in [-0.3, -0.25) is 4.79 Å². The molecule has 1 aromatic rings. The molecule has 0 unspecified atom stereocenters. The van der Waals surface area contributed by atoms with Gasteiger partial charge in [0.05, 0.1) is 5.41 Å². The minimum atomic E-state index is -0.0424. The van der Waals surface area contributed by atoms with Crippen LogP contribution >= 0.6 is 24.8 Å². The van der Waals surface area contributed by atoms with Gasteiger partial charge in [0.15, 0.2) is 0 Å². The maximum Gasteiger partial charge on any atom is 0.228 e. The third kappa shape index (κ3) is 4.26. The Labute approximate surface area is 168 Å². The van der Waals surface area contributed by atoms with Crippen LogP contribution in [-0.4, -0.2) is 48.5 Å². The summed E-state index contributed by atoms with van der Waals surface area (Å²) >= 11 is 0. The Bertz CT molecular complexity index is 620. The minimum absolute atomic E-state index is 0. The second-order valence-corrected chi connectivity index (χ2v) is 7.52. The van der Waals surface area contributed by atoms with Crippen molar-refractivity contribution in [1.82, 2.24) is 15.2 Å². The first-order valence-electron chi connectivity index (χ1n) is 9.50. The van der Waals surface area contributed by atoms with Crippen LogP contribution in [0.25, 0.3) is 0 Å². The SMILES string of the molecule is Cl.Cl.O=C1N(CCCc2ccc3c(n2)NCCC3)CCC12CCNCC2. The Morgan fingerprint density at radius 2 is 1.92 bits per heavy atom. The molecular weight excluding hydrogens is 371 g/mol. The molecule has 2 saturated heterocycles. The van der Waals surface area contributed by atoms with Crippen molar-refractivity contribution in [2.75, 3.05) is 38.0 Å². The van der Waals surface area contributed by atoms with E-state index in [0.29, 0.717) is 5.91 Å². The van der Waals surface area contributed by atoms with Gasteiger partial charge >= 0.3 is 0 Å². The van der Waals surface area contributed by atoms with E-state index in [4.69, 9.17) is 4.98 Å². The Hall–Kier alpha value is -1.04. The van der Waals surface area contributed by atoms with E-state index in [9.17, 15) is 4.79 Å². The number of fused-ring (bicyclic) bond motifs is 1. The van der Waals surface area contributed by atoms with Gasteiger partial charge in [0.25, 0.3) is 0 Å². The van der Waals surface area contributed by atoms with Crippen LogP contribution < -0.4 is 10.6 Å². The quantitative estimate of drug-likeness (QED) is 0.815. The number of likely N-dealkylation sites (tertiary alicyclic amines) is 1. The number of rotatable bonds is 4. The number of anilines is 1. The van der Waals surface area contributed by atoms with Gasteiger partial charge in [-0.1, -0.05) is 6.07 Å². The second-order valence-electron chi connectivity index (χ2n) is 7.52. The van der Waals surface area contributed by atoms with Gasteiger partial charge in [-0.2, -0.15) is 0 Å². The monoisotopic (exact) mass is 400 g/mol. The van der Waals surface area contributed by atoms with Gasteiger partial charge in [0.1, 0.15) is 5.82 Å². The first-order chi connectivity index (χ1) is 11.8. The number of nitrogens with one attached hydrogen (secondary N) is 2. The molecule has 0 aliphatic carbocycles.